The molecule has 1 atom stereocenters. The van der Waals surface area contributed by atoms with Gasteiger partial charge in [0.15, 0.2) is 0 Å². The van der Waals surface area contributed by atoms with Crippen molar-refractivity contribution < 1.29 is 77.5 Å². The topological polar surface area (TPSA) is 83.4 Å². The summed E-state index contributed by atoms with van der Waals surface area (Å²) in [5.74, 6) is 0. The van der Waals surface area contributed by atoms with Crippen LogP contribution in [0.25, 0.3) is 0 Å². The van der Waals surface area contributed by atoms with Crippen LogP contribution < -0.4 is 64.2 Å². The standard InChI is InChI=1S/C2H5O.2Na.H2O3S/c1-2-3;;;1-4(2)3/h2H2,1H3;;;(H2,1,2,3)/q-1;2*+1;/p-1. The summed E-state index contributed by atoms with van der Waals surface area (Å²) in [6, 6.07) is 0. The van der Waals surface area contributed by atoms with E-state index in [1.807, 2.05) is 0 Å². The molecule has 0 aliphatic carbocycles. The van der Waals surface area contributed by atoms with Gasteiger partial charge in [-0.2, -0.15) is 0 Å². The Morgan fingerprint density at radius 3 is 1.56 bits per heavy atom. The molecule has 1 N–H and O–H groups in total. The molecule has 0 aliphatic heterocycles. The molecule has 0 fully saturated rings. The van der Waals surface area contributed by atoms with Gasteiger partial charge in [-0.1, -0.05) is 6.92 Å². The fourth-order valence-electron chi connectivity index (χ4n) is 0. The Kier molecular flexibility index (Phi) is 56.1. The first kappa shape index (κ1) is 22.5. The molecule has 0 saturated heterocycles. The van der Waals surface area contributed by atoms with Crippen LogP contribution in [0.5, 0.6) is 0 Å². The van der Waals surface area contributed by atoms with Gasteiger partial charge < -0.3 is 14.2 Å². The third-order valence-electron chi connectivity index (χ3n) is 0. The smallest absolute Gasteiger partial charge is 0.855 e. The van der Waals surface area contributed by atoms with Gasteiger partial charge in [0.1, 0.15) is 0 Å². The van der Waals surface area contributed by atoms with Crippen LogP contribution in [-0.4, -0.2) is 19.9 Å². The minimum absolute atomic E-state index is 0. The first-order valence-electron chi connectivity index (χ1n) is 1.51. The molecule has 9 heavy (non-hydrogen) atoms. The van der Waals surface area contributed by atoms with Gasteiger partial charge in [0.2, 0.25) is 0 Å². The molecule has 46 valence electrons. The van der Waals surface area contributed by atoms with Gasteiger partial charge in [-0.3, -0.25) is 0 Å². The van der Waals surface area contributed by atoms with Crippen LogP contribution in [0.4, 0.5) is 0 Å². The second-order valence-corrected chi connectivity index (χ2v) is 0.940. The molecule has 0 bridgehead atoms. The number of hydrogen-bond acceptors (Lipinski definition) is 3. The van der Waals surface area contributed by atoms with E-state index in [0.29, 0.717) is 0 Å². The molecule has 0 aliphatic rings. The van der Waals surface area contributed by atoms with Gasteiger partial charge in [0.25, 0.3) is 0 Å². The van der Waals surface area contributed by atoms with Crippen molar-refractivity contribution in [1.82, 2.24) is 0 Å². The number of rotatable bonds is 0. The zero-order chi connectivity index (χ0) is 6.28. The minimum Gasteiger partial charge on any atom is -0.855 e. The summed E-state index contributed by atoms with van der Waals surface area (Å²) < 4.78 is 24.1. The van der Waals surface area contributed by atoms with Gasteiger partial charge in [-0.15, -0.1) is 6.61 Å². The molecule has 7 heteroatoms. The average molecular weight is 172 g/mol. The Morgan fingerprint density at radius 1 is 1.56 bits per heavy atom. The zero-order valence-corrected chi connectivity index (χ0v) is 10.6. The second kappa shape index (κ2) is 22.5. The van der Waals surface area contributed by atoms with E-state index in [2.05, 4.69) is 0 Å². The van der Waals surface area contributed by atoms with Crippen molar-refractivity contribution >= 4 is 11.4 Å². The summed E-state index contributed by atoms with van der Waals surface area (Å²) in [5, 5.41) is 8.93. The largest absolute Gasteiger partial charge is 1.00 e. The van der Waals surface area contributed by atoms with Gasteiger partial charge in [0.05, 0.1) is 11.4 Å². The van der Waals surface area contributed by atoms with Gasteiger partial charge in [0, 0.05) is 0 Å². The van der Waals surface area contributed by atoms with Crippen LogP contribution in [0, 0.1) is 0 Å². The van der Waals surface area contributed by atoms with Gasteiger partial charge >= 0.3 is 59.1 Å². The molecule has 1 unspecified atom stereocenters. The fraction of sp³-hybridized carbons (Fsp3) is 1.00. The maximum absolute atomic E-state index is 8.93. The van der Waals surface area contributed by atoms with Crippen LogP contribution in [0.15, 0.2) is 0 Å². The van der Waals surface area contributed by atoms with Crippen molar-refractivity contribution in [3.8, 4) is 0 Å². The third-order valence-corrected chi connectivity index (χ3v) is 0. The third kappa shape index (κ3) is 157. The van der Waals surface area contributed by atoms with E-state index in [9.17, 15) is 0 Å². The van der Waals surface area contributed by atoms with E-state index in [-0.39, 0.29) is 65.7 Å². The Labute approximate surface area is 101 Å². The SMILES string of the molecule is CC[O-].O=S([O-])O.[Na+].[Na+]. The molecule has 0 aromatic rings. The van der Waals surface area contributed by atoms with Crippen molar-refractivity contribution in [3.63, 3.8) is 0 Å². The van der Waals surface area contributed by atoms with Gasteiger partial charge in [-0.25, -0.2) is 4.21 Å². The second-order valence-electron chi connectivity index (χ2n) is 0.506. The minimum atomic E-state index is -2.86. The molecular weight excluding hydrogens is 166 g/mol. The summed E-state index contributed by atoms with van der Waals surface area (Å²) >= 11 is -2.86. The van der Waals surface area contributed by atoms with E-state index < -0.39 is 11.4 Å². The van der Waals surface area contributed by atoms with Crippen molar-refractivity contribution in [1.29, 1.82) is 0 Å². The molecule has 0 saturated carbocycles. The van der Waals surface area contributed by atoms with Gasteiger partial charge in [-0.05, 0) is 0 Å². The molecule has 0 aromatic heterocycles. The van der Waals surface area contributed by atoms with Crippen LogP contribution in [-0.2, 0) is 11.4 Å². The molecule has 4 nitrogen and oxygen atoms in total. The molecule has 0 radical (unpaired) electrons. The summed E-state index contributed by atoms with van der Waals surface area (Å²) in [4.78, 5) is 0. The quantitative estimate of drug-likeness (QED) is 0.290. The van der Waals surface area contributed by atoms with Crippen molar-refractivity contribution in [2.45, 2.75) is 6.92 Å². The van der Waals surface area contributed by atoms with Crippen molar-refractivity contribution in [2.24, 2.45) is 0 Å². The maximum atomic E-state index is 8.93. The van der Waals surface area contributed by atoms with E-state index in [0.717, 1.165) is 0 Å². The predicted molar refractivity (Wildman–Crippen MR) is 22.1 cm³/mol. The molecular formula is C2H6Na2O4S. The zero-order valence-electron chi connectivity index (χ0n) is 5.79. The van der Waals surface area contributed by atoms with E-state index in [4.69, 9.17) is 18.4 Å². The Balaban J connectivity index is -0.0000000233. The van der Waals surface area contributed by atoms with E-state index in [1.165, 1.54) is 0 Å². The summed E-state index contributed by atoms with van der Waals surface area (Å²) in [6.45, 7) is 1.57. The van der Waals surface area contributed by atoms with Crippen LogP contribution in [0.1, 0.15) is 6.92 Å². The molecule has 0 heterocycles. The average Bonchev–Trinajstić information content (AvgIpc) is 1.33. The maximum Gasteiger partial charge on any atom is 1.00 e. The van der Waals surface area contributed by atoms with E-state index >= 15 is 0 Å². The predicted octanol–water partition coefficient (Wildman–Crippen LogP) is -7.29. The monoisotopic (exact) mass is 172 g/mol. The van der Waals surface area contributed by atoms with Crippen LogP contribution >= 0.6 is 0 Å². The van der Waals surface area contributed by atoms with Crippen LogP contribution in [0.3, 0.4) is 0 Å². The Hall–Kier alpha value is 2.03. The Morgan fingerprint density at radius 2 is 1.56 bits per heavy atom. The summed E-state index contributed by atoms with van der Waals surface area (Å²) in [6.07, 6.45) is 0. The molecule has 0 amide bonds. The molecule has 0 aromatic carbocycles. The molecule has 0 rings (SSSR count). The summed E-state index contributed by atoms with van der Waals surface area (Å²) in [7, 11) is 0. The van der Waals surface area contributed by atoms with Crippen LogP contribution in [0.2, 0.25) is 0 Å². The molecule has 0 spiro atoms. The Bertz CT molecular complexity index is 47.8. The first-order valence-corrected chi connectivity index (χ1v) is 2.54. The van der Waals surface area contributed by atoms with Crippen molar-refractivity contribution in [2.75, 3.05) is 6.61 Å². The fourth-order valence-corrected chi connectivity index (χ4v) is 0. The summed E-state index contributed by atoms with van der Waals surface area (Å²) in [5.41, 5.74) is 0. The van der Waals surface area contributed by atoms with E-state index in [1.54, 1.807) is 6.92 Å². The van der Waals surface area contributed by atoms with Crippen molar-refractivity contribution in [3.05, 3.63) is 0 Å². The number of hydrogen-bond donors (Lipinski definition) is 1. The normalized spacial score (nSPS) is 8.89. The first-order chi connectivity index (χ1) is 3.15.